The molecule has 0 unspecified atom stereocenters. The van der Waals surface area contributed by atoms with E-state index in [9.17, 15) is 0 Å². The van der Waals surface area contributed by atoms with E-state index in [1.807, 2.05) is 65.3 Å². The second kappa shape index (κ2) is 6.64. The monoisotopic (exact) mass is 378 g/mol. The fourth-order valence-corrected chi connectivity index (χ4v) is 3.27. The zero-order chi connectivity index (χ0) is 18.2. The van der Waals surface area contributed by atoms with E-state index in [4.69, 9.17) is 20.9 Å². The zero-order valence-corrected chi connectivity index (χ0v) is 15.0. The lowest BCUT2D eigenvalue weighted by molar-refractivity contribution is -0.00112. The van der Waals surface area contributed by atoms with Crippen LogP contribution in [-0.2, 0) is 17.9 Å². The van der Waals surface area contributed by atoms with Gasteiger partial charge in [0.2, 0.25) is 5.82 Å². The Morgan fingerprint density at radius 2 is 1.85 bits per heavy atom. The van der Waals surface area contributed by atoms with Gasteiger partial charge in [-0.2, -0.15) is 10.1 Å². The second-order valence-electron chi connectivity index (χ2n) is 6.34. The number of fused-ring (bicyclic) bond motifs is 1. The van der Waals surface area contributed by atoms with Crippen molar-refractivity contribution in [3.05, 3.63) is 76.9 Å². The van der Waals surface area contributed by atoms with Gasteiger partial charge in [0.05, 0.1) is 18.8 Å². The number of hydrogen-bond acceptors (Lipinski definition) is 5. The van der Waals surface area contributed by atoms with Crippen LogP contribution in [0.4, 0.5) is 0 Å². The van der Waals surface area contributed by atoms with Gasteiger partial charge in [-0.15, -0.1) is 0 Å². The number of benzene rings is 2. The van der Waals surface area contributed by atoms with Crippen LogP contribution < -0.4 is 0 Å². The number of rotatable bonds is 3. The highest BCUT2D eigenvalue weighted by Gasteiger charge is 2.24. The lowest BCUT2D eigenvalue weighted by Crippen LogP contribution is -2.21. The Labute approximate surface area is 160 Å². The summed E-state index contributed by atoms with van der Waals surface area (Å²) >= 11 is 5.97. The maximum Gasteiger partial charge on any atom is 0.278 e. The van der Waals surface area contributed by atoms with E-state index in [2.05, 4.69) is 15.2 Å². The van der Waals surface area contributed by atoms with Crippen molar-refractivity contribution < 1.29 is 9.26 Å². The molecule has 0 radical (unpaired) electrons. The van der Waals surface area contributed by atoms with Crippen LogP contribution in [0.3, 0.4) is 0 Å². The molecule has 0 saturated heterocycles. The molecule has 3 heterocycles. The topological polar surface area (TPSA) is 66.0 Å². The van der Waals surface area contributed by atoms with Crippen molar-refractivity contribution in [2.75, 3.05) is 0 Å². The number of nitrogens with zero attached hydrogens (tertiary/aromatic N) is 4. The summed E-state index contributed by atoms with van der Waals surface area (Å²) in [6, 6.07) is 19.3. The minimum Gasteiger partial charge on any atom is -0.365 e. The molecule has 1 atom stereocenters. The molecule has 2 aromatic heterocycles. The van der Waals surface area contributed by atoms with Crippen molar-refractivity contribution in [3.63, 3.8) is 0 Å². The number of aromatic nitrogens is 4. The highest BCUT2D eigenvalue weighted by Crippen LogP contribution is 2.29. The normalized spacial score (nSPS) is 16.3. The van der Waals surface area contributed by atoms with Gasteiger partial charge >= 0.3 is 0 Å². The summed E-state index contributed by atoms with van der Waals surface area (Å²) in [5, 5.41) is 9.41. The van der Waals surface area contributed by atoms with Gasteiger partial charge < -0.3 is 9.26 Å². The maximum atomic E-state index is 5.98. The molecule has 27 heavy (non-hydrogen) atoms. The predicted molar refractivity (Wildman–Crippen MR) is 99.9 cm³/mol. The molecule has 1 aliphatic heterocycles. The molecule has 0 N–H and O–H groups in total. The quantitative estimate of drug-likeness (QED) is 0.524. The third kappa shape index (κ3) is 3.13. The van der Waals surface area contributed by atoms with Crippen LogP contribution in [0.15, 0.2) is 65.2 Å². The van der Waals surface area contributed by atoms with Gasteiger partial charge in [0, 0.05) is 10.6 Å². The van der Waals surface area contributed by atoms with Crippen LogP contribution in [-0.4, -0.2) is 19.9 Å². The van der Waals surface area contributed by atoms with E-state index < -0.39 is 0 Å². The minimum absolute atomic E-state index is 0.0647. The predicted octanol–water partition coefficient (Wildman–Crippen LogP) is 4.53. The molecule has 5 rings (SSSR count). The fourth-order valence-electron chi connectivity index (χ4n) is 3.14. The van der Waals surface area contributed by atoms with Crippen LogP contribution in [0.5, 0.6) is 0 Å². The number of halogens is 1. The third-order valence-corrected chi connectivity index (χ3v) is 4.81. The van der Waals surface area contributed by atoms with Crippen LogP contribution in [0.2, 0.25) is 5.02 Å². The van der Waals surface area contributed by atoms with Gasteiger partial charge in [-0.05, 0) is 23.8 Å². The van der Waals surface area contributed by atoms with Gasteiger partial charge in [0.25, 0.3) is 5.89 Å². The average molecular weight is 379 g/mol. The van der Waals surface area contributed by atoms with Crippen molar-refractivity contribution in [1.82, 2.24) is 19.9 Å². The first-order valence-electron chi connectivity index (χ1n) is 8.59. The first-order chi connectivity index (χ1) is 13.3. The highest BCUT2D eigenvalue weighted by atomic mass is 35.5. The van der Waals surface area contributed by atoms with Crippen molar-refractivity contribution in [2.45, 2.75) is 19.3 Å². The molecule has 6 nitrogen and oxygen atoms in total. The van der Waals surface area contributed by atoms with Crippen LogP contribution in [0.1, 0.15) is 17.4 Å². The molecular weight excluding hydrogens is 364 g/mol. The van der Waals surface area contributed by atoms with E-state index in [0.717, 1.165) is 16.8 Å². The van der Waals surface area contributed by atoms with Gasteiger partial charge in [-0.3, -0.25) is 4.68 Å². The molecular formula is C20H15ClN4O2. The van der Waals surface area contributed by atoms with Crippen LogP contribution in [0.25, 0.3) is 23.0 Å². The van der Waals surface area contributed by atoms with Crippen molar-refractivity contribution in [1.29, 1.82) is 0 Å². The lowest BCUT2D eigenvalue weighted by Gasteiger charge is -2.24. The zero-order valence-electron chi connectivity index (χ0n) is 14.2. The molecule has 0 bridgehead atoms. The third-order valence-electron chi connectivity index (χ3n) is 4.55. The Balaban J connectivity index is 1.40. The smallest absolute Gasteiger partial charge is 0.278 e. The SMILES string of the molecule is Clc1ccc([C@H]2Cn3nc(-c4nc(-c5ccccc5)no4)cc3CO2)cc1. The molecule has 2 aromatic carbocycles. The van der Waals surface area contributed by atoms with Gasteiger partial charge in [0.15, 0.2) is 5.69 Å². The Morgan fingerprint density at radius 3 is 2.67 bits per heavy atom. The molecule has 7 heteroatoms. The second-order valence-corrected chi connectivity index (χ2v) is 6.78. The van der Waals surface area contributed by atoms with Crippen LogP contribution in [0, 0.1) is 0 Å². The lowest BCUT2D eigenvalue weighted by atomic mass is 10.1. The summed E-state index contributed by atoms with van der Waals surface area (Å²) < 4.78 is 13.3. The Morgan fingerprint density at radius 1 is 1.04 bits per heavy atom. The van der Waals surface area contributed by atoms with E-state index in [0.29, 0.717) is 35.6 Å². The minimum atomic E-state index is -0.0647. The van der Waals surface area contributed by atoms with E-state index in [-0.39, 0.29) is 6.10 Å². The largest absolute Gasteiger partial charge is 0.365 e. The molecule has 0 saturated carbocycles. The van der Waals surface area contributed by atoms with E-state index in [1.165, 1.54) is 0 Å². The molecule has 0 fully saturated rings. The average Bonchev–Trinajstić information content (AvgIpc) is 3.36. The van der Waals surface area contributed by atoms with Gasteiger partial charge in [-0.25, -0.2) is 0 Å². The Kier molecular flexibility index (Phi) is 3.99. The van der Waals surface area contributed by atoms with E-state index >= 15 is 0 Å². The molecule has 0 amide bonds. The number of ether oxygens (including phenoxy) is 1. The molecule has 134 valence electrons. The summed E-state index contributed by atoms with van der Waals surface area (Å²) in [6.07, 6.45) is -0.0647. The first kappa shape index (κ1) is 16.2. The van der Waals surface area contributed by atoms with Crippen LogP contribution >= 0.6 is 11.6 Å². The Hall–Kier alpha value is -2.96. The molecule has 0 spiro atoms. The van der Waals surface area contributed by atoms with Crippen molar-refractivity contribution in [3.8, 4) is 23.0 Å². The van der Waals surface area contributed by atoms with Crippen molar-refractivity contribution in [2.24, 2.45) is 0 Å². The van der Waals surface area contributed by atoms with Gasteiger partial charge in [-0.1, -0.05) is 59.2 Å². The molecule has 4 aromatic rings. The van der Waals surface area contributed by atoms with E-state index in [1.54, 1.807) is 0 Å². The summed E-state index contributed by atoms with van der Waals surface area (Å²) in [5.41, 5.74) is 3.61. The fraction of sp³-hybridized carbons (Fsp3) is 0.150. The van der Waals surface area contributed by atoms with Gasteiger partial charge in [0.1, 0.15) is 6.10 Å². The Bertz CT molecular complexity index is 1070. The number of hydrogen-bond donors (Lipinski definition) is 0. The van der Waals surface area contributed by atoms with Crippen molar-refractivity contribution >= 4 is 11.6 Å². The summed E-state index contributed by atoms with van der Waals surface area (Å²) in [7, 11) is 0. The molecule has 0 aliphatic carbocycles. The summed E-state index contributed by atoms with van der Waals surface area (Å²) in [5.74, 6) is 0.950. The molecule has 1 aliphatic rings. The first-order valence-corrected chi connectivity index (χ1v) is 8.97. The standard InChI is InChI=1S/C20H15ClN4O2/c21-15-8-6-13(7-9-15)18-11-25-16(12-26-18)10-17(23-25)20-22-19(24-27-20)14-4-2-1-3-5-14/h1-10,18H,11-12H2/t18-/m1/s1. The summed E-state index contributed by atoms with van der Waals surface area (Å²) in [4.78, 5) is 4.47. The highest BCUT2D eigenvalue weighted by molar-refractivity contribution is 6.30. The summed E-state index contributed by atoms with van der Waals surface area (Å²) in [6.45, 7) is 1.09. The maximum absolute atomic E-state index is 5.98.